The van der Waals surface area contributed by atoms with Gasteiger partial charge in [-0.2, -0.15) is 0 Å². The summed E-state index contributed by atoms with van der Waals surface area (Å²) >= 11 is 1.69. The molecule has 0 atom stereocenters. The molecule has 0 radical (unpaired) electrons. The average Bonchev–Trinajstić information content (AvgIpc) is 2.91. The molecule has 144 valence electrons. The van der Waals surface area contributed by atoms with Crippen molar-refractivity contribution < 1.29 is 4.79 Å². The Kier molecular flexibility index (Phi) is 6.21. The van der Waals surface area contributed by atoms with Gasteiger partial charge >= 0.3 is 6.03 Å². The van der Waals surface area contributed by atoms with Gasteiger partial charge in [-0.05, 0) is 57.7 Å². The maximum atomic E-state index is 12.7. The van der Waals surface area contributed by atoms with E-state index in [9.17, 15) is 4.79 Å². The maximum Gasteiger partial charge on any atom is 0.321 e. The number of benzene rings is 1. The summed E-state index contributed by atoms with van der Waals surface area (Å²) < 4.78 is 0. The molecule has 1 fully saturated rings. The molecule has 2 amide bonds. The number of carbonyl (C=O) groups excluding carboxylic acids is 1. The van der Waals surface area contributed by atoms with Crippen molar-refractivity contribution in [2.75, 3.05) is 42.7 Å². The number of anilines is 2. The van der Waals surface area contributed by atoms with Crippen LogP contribution in [0, 0.1) is 20.8 Å². The number of hydrogen-bond donors (Lipinski definition) is 1. The molecule has 1 aromatic carbocycles. The fourth-order valence-corrected chi connectivity index (χ4v) is 3.68. The normalized spacial score (nSPS) is 14.8. The van der Waals surface area contributed by atoms with Crippen LogP contribution in [0.1, 0.15) is 23.5 Å². The zero-order valence-electron chi connectivity index (χ0n) is 16.5. The molecule has 1 aliphatic rings. The van der Waals surface area contributed by atoms with E-state index in [0.717, 1.165) is 54.6 Å². The van der Waals surface area contributed by atoms with Crippen molar-refractivity contribution in [2.45, 2.75) is 32.1 Å². The van der Waals surface area contributed by atoms with Gasteiger partial charge in [0.25, 0.3) is 0 Å². The molecule has 0 bridgehead atoms. The third kappa shape index (κ3) is 4.71. The molecule has 0 unspecified atom stereocenters. The molecular weight excluding hydrogens is 358 g/mol. The number of rotatable bonds is 3. The Morgan fingerprint density at radius 2 is 1.78 bits per heavy atom. The van der Waals surface area contributed by atoms with E-state index in [4.69, 9.17) is 0 Å². The summed E-state index contributed by atoms with van der Waals surface area (Å²) in [6.07, 6.45) is 2.96. The highest BCUT2D eigenvalue weighted by atomic mass is 32.2. The van der Waals surface area contributed by atoms with E-state index in [1.54, 1.807) is 11.8 Å². The third-order valence-corrected chi connectivity index (χ3v) is 5.64. The highest BCUT2D eigenvalue weighted by Gasteiger charge is 2.21. The quantitative estimate of drug-likeness (QED) is 0.813. The molecule has 3 rings (SSSR count). The predicted molar refractivity (Wildman–Crippen MR) is 112 cm³/mol. The van der Waals surface area contributed by atoms with Crippen LogP contribution in [0.25, 0.3) is 0 Å². The van der Waals surface area contributed by atoms with Crippen LogP contribution in [0.5, 0.6) is 0 Å². The fourth-order valence-electron chi connectivity index (χ4n) is 3.27. The molecule has 2 heterocycles. The van der Waals surface area contributed by atoms with E-state index in [-0.39, 0.29) is 6.03 Å². The number of aryl methyl sites for hydroxylation is 2. The first-order valence-electron chi connectivity index (χ1n) is 9.24. The van der Waals surface area contributed by atoms with E-state index < -0.39 is 0 Å². The Balaban J connectivity index is 1.64. The number of nitrogens with zero attached hydrogens (tertiary/aromatic N) is 4. The average molecular weight is 386 g/mol. The van der Waals surface area contributed by atoms with Gasteiger partial charge in [-0.25, -0.2) is 14.8 Å². The lowest BCUT2D eigenvalue weighted by Crippen LogP contribution is -2.38. The van der Waals surface area contributed by atoms with E-state index in [1.807, 2.05) is 49.3 Å². The second-order valence-electron chi connectivity index (χ2n) is 6.79. The molecule has 1 aliphatic heterocycles. The summed E-state index contributed by atoms with van der Waals surface area (Å²) in [7, 11) is 0. The fraction of sp³-hybridized carbons (Fsp3) is 0.450. The molecule has 2 aromatic rings. The van der Waals surface area contributed by atoms with Gasteiger partial charge in [0, 0.05) is 48.0 Å². The standard InChI is InChI=1S/C20H27N5OS/c1-14-15(2)21-16(3)22-19(14)24-10-5-11-25(13-12-24)20(26)23-17-6-8-18(27-4)9-7-17/h6-9H,5,10-13H2,1-4H3,(H,23,26). The van der Waals surface area contributed by atoms with Gasteiger partial charge in [0.15, 0.2) is 0 Å². The molecule has 6 nitrogen and oxygen atoms in total. The number of urea groups is 1. The van der Waals surface area contributed by atoms with Gasteiger partial charge in [-0.15, -0.1) is 11.8 Å². The Bertz CT molecular complexity index is 809. The lowest BCUT2D eigenvalue weighted by Gasteiger charge is -2.25. The minimum Gasteiger partial charge on any atom is -0.354 e. The van der Waals surface area contributed by atoms with Crippen LogP contribution < -0.4 is 10.2 Å². The van der Waals surface area contributed by atoms with Gasteiger partial charge in [-0.1, -0.05) is 0 Å². The number of thioether (sulfide) groups is 1. The SMILES string of the molecule is CSc1ccc(NC(=O)N2CCCN(c3nc(C)nc(C)c3C)CC2)cc1. The van der Waals surface area contributed by atoms with Crippen LogP contribution in [0.2, 0.25) is 0 Å². The van der Waals surface area contributed by atoms with Crippen molar-refractivity contribution in [3.8, 4) is 0 Å². The lowest BCUT2D eigenvalue weighted by atomic mass is 10.2. The second-order valence-corrected chi connectivity index (χ2v) is 7.67. The minimum absolute atomic E-state index is 0.0412. The Hall–Kier alpha value is -2.28. The van der Waals surface area contributed by atoms with Crippen LogP contribution in [-0.2, 0) is 0 Å². The Morgan fingerprint density at radius 1 is 1.04 bits per heavy atom. The third-order valence-electron chi connectivity index (χ3n) is 4.90. The van der Waals surface area contributed by atoms with Crippen molar-refractivity contribution in [2.24, 2.45) is 0 Å². The zero-order valence-corrected chi connectivity index (χ0v) is 17.3. The minimum atomic E-state index is -0.0412. The van der Waals surface area contributed by atoms with Crippen molar-refractivity contribution in [1.82, 2.24) is 14.9 Å². The van der Waals surface area contributed by atoms with Gasteiger partial charge in [-0.3, -0.25) is 0 Å². The molecule has 7 heteroatoms. The first kappa shape index (κ1) is 19.5. The number of aromatic nitrogens is 2. The smallest absolute Gasteiger partial charge is 0.321 e. The number of amides is 2. The second kappa shape index (κ2) is 8.61. The van der Waals surface area contributed by atoms with Crippen molar-refractivity contribution in [1.29, 1.82) is 0 Å². The molecule has 0 spiro atoms. The zero-order chi connectivity index (χ0) is 19.4. The lowest BCUT2D eigenvalue weighted by molar-refractivity contribution is 0.215. The molecule has 27 heavy (non-hydrogen) atoms. The Labute approximate surface area is 165 Å². The number of carbonyl (C=O) groups is 1. The molecule has 1 aromatic heterocycles. The Morgan fingerprint density at radius 3 is 2.48 bits per heavy atom. The van der Waals surface area contributed by atoms with E-state index in [1.165, 1.54) is 4.90 Å². The van der Waals surface area contributed by atoms with Gasteiger partial charge < -0.3 is 15.1 Å². The maximum absolute atomic E-state index is 12.7. The van der Waals surface area contributed by atoms with Crippen molar-refractivity contribution in [3.05, 3.63) is 41.3 Å². The van der Waals surface area contributed by atoms with Crippen LogP contribution in [-0.4, -0.2) is 53.3 Å². The largest absolute Gasteiger partial charge is 0.354 e. The van der Waals surface area contributed by atoms with Gasteiger partial charge in [0.1, 0.15) is 11.6 Å². The summed E-state index contributed by atoms with van der Waals surface area (Å²) in [5.41, 5.74) is 2.97. The molecule has 1 saturated heterocycles. The first-order valence-corrected chi connectivity index (χ1v) is 10.5. The summed E-state index contributed by atoms with van der Waals surface area (Å²) in [4.78, 5) is 27.1. The van der Waals surface area contributed by atoms with E-state index in [0.29, 0.717) is 6.54 Å². The van der Waals surface area contributed by atoms with Gasteiger partial charge in [0.2, 0.25) is 0 Å². The molecule has 0 saturated carbocycles. The van der Waals surface area contributed by atoms with Crippen LogP contribution in [0.15, 0.2) is 29.2 Å². The van der Waals surface area contributed by atoms with Crippen molar-refractivity contribution >= 4 is 29.3 Å². The summed E-state index contributed by atoms with van der Waals surface area (Å²) in [6, 6.07) is 7.90. The molecule has 0 aliphatic carbocycles. The highest BCUT2D eigenvalue weighted by Crippen LogP contribution is 2.22. The van der Waals surface area contributed by atoms with Crippen LogP contribution >= 0.6 is 11.8 Å². The number of nitrogens with one attached hydrogen (secondary N) is 1. The highest BCUT2D eigenvalue weighted by molar-refractivity contribution is 7.98. The molecular formula is C20H27N5OS. The van der Waals surface area contributed by atoms with E-state index >= 15 is 0 Å². The summed E-state index contributed by atoms with van der Waals surface area (Å²) in [5.74, 6) is 1.79. The molecule has 1 N–H and O–H groups in total. The van der Waals surface area contributed by atoms with Crippen molar-refractivity contribution in [3.63, 3.8) is 0 Å². The van der Waals surface area contributed by atoms with Crippen LogP contribution in [0.4, 0.5) is 16.3 Å². The summed E-state index contributed by atoms with van der Waals surface area (Å²) in [5, 5.41) is 3.01. The van der Waals surface area contributed by atoms with Gasteiger partial charge in [0.05, 0.1) is 0 Å². The first-order chi connectivity index (χ1) is 13.0. The topological polar surface area (TPSA) is 61.4 Å². The number of hydrogen-bond acceptors (Lipinski definition) is 5. The monoisotopic (exact) mass is 385 g/mol. The van der Waals surface area contributed by atoms with Crippen LogP contribution in [0.3, 0.4) is 0 Å². The summed E-state index contributed by atoms with van der Waals surface area (Å²) in [6.45, 7) is 9.10. The predicted octanol–water partition coefficient (Wildman–Crippen LogP) is 3.87. The van der Waals surface area contributed by atoms with E-state index in [2.05, 4.69) is 27.1 Å².